The molecule has 2 atom stereocenters. The van der Waals surface area contributed by atoms with Crippen molar-refractivity contribution in [3.8, 4) is 5.75 Å². The quantitative estimate of drug-likeness (QED) is 0.698. The van der Waals surface area contributed by atoms with E-state index in [4.69, 9.17) is 4.74 Å². The van der Waals surface area contributed by atoms with Gasteiger partial charge in [-0.1, -0.05) is 37.6 Å². The highest BCUT2D eigenvalue weighted by Crippen LogP contribution is 2.26. The van der Waals surface area contributed by atoms with Crippen molar-refractivity contribution in [2.75, 3.05) is 13.1 Å². The number of hydrogen-bond donors (Lipinski definition) is 1. The average molecular weight is 396 g/mol. The third-order valence-corrected chi connectivity index (χ3v) is 5.31. The van der Waals surface area contributed by atoms with Crippen LogP contribution in [-0.2, 0) is 17.8 Å². The molecule has 0 bridgehead atoms. The van der Waals surface area contributed by atoms with Crippen LogP contribution in [0, 0.1) is 0 Å². The molecule has 0 spiro atoms. The highest BCUT2D eigenvalue weighted by atomic mass is 16.5. The van der Waals surface area contributed by atoms with Gasteiger partial charge in [0.1, 0.15) is 11.9 Å². The number of amides is 1. The van der Waals surface area contributed by atoms with Gasteiger partial charge in [-0.3, -0.25) is 14.7 Å². The zero-order chi connectivity index (χ0) is 20.5. The number of fused-ring (bicyclic) bond motifs is 1. The fourth-order valence-electron chi connectivity index (χ4n) is 3.80. The van der Waals surface area contributed by atoms with Crippen LogP contribution in [-0.4, -0.2) is 41.0 Å². The predicted octanol–water partition coefficient (Wildman–Crippen LogP) is 3.97. The van der Waals surface area contributed by atoms with E-state index in [0.29, 0.717) is 6.42 Å². The number of para-hydroxylation sites is 1. The number of nitrogens with one attached hydrogen (secondary N) is 1. The SMILES string of the molecule is CCCC[C@@H]1CN(CCC(=O)N[C@H](C)Cc2ccccn2)Cc2ccccc2O1. The number of hydrogen-bond acceptors (Lipinski definition) is 4. The van der Waals surface area contributed by atoms with Crippen LogP contribution in [0.2, 0.25) is 0 Å². The van der Waals surface area contributed by atoms with Gasteiger partial charge >= 0.3 is 0 Å². The van der Waals surface area contributed by atoms with Crippen molar-refractivity contribution < 1.29 is 9.53 Å². The summed E-state index contributed by atoms with van der Waals surface area (Å²) < 4.78 is 6.28. The minimum absolute atomic E-state index is 0.0721. The number of ether oxygens (including phenoxy) is 1. The summed E-state index contributed by atoms with van der Waals surface area (Å²) in [6.07, 6.45) is 6.59. The van der Waals surface area contributed by atoms with Crippen molar-refractivity contribution in [1.82, 2.24) is 15.2 Å². The van der Waals surface area contributed by atoms with Gasteiger partial charge in [0.2, 0.25) is 5.91 Å². The number of unbranched alkanes of at least 4 members (excludes halogenated alkanes) is 1. The van der Waals surface area contributed by atoms with Gasteiger partial charge in [0.25, 0.3) is 0 Å². The molecule has 1 aromatic heterocycles. The van der Waals surface area contributed by atoms with Gasteiger partial charge in [0.05, 0.1) is 0 Å². The molecule has 156 valence electrons. The number of pyridine rings is 1. The van der Waals surface area contributed by atoms with E-state index < -0.39 is 0 Å². The molecule has 3 rings (SSSR count). The standard InChI is InChI=1S/C24H33N3O2/c1-3-4-11-22-18-27(17-20-9-5-6-12-23(20)29-22)15-13-24(28)26-19(2)16-21-10-7-8-14-25-21/h5-10,12,14,19,22H,3-4,11,13,15-18H2,1-2H3,(H,26,28)/t19-,22-/m1/s1. The molecule has 2 aromatic rings. The maximum atomic E-state index is 12.5. The monoisotopic (exact) mass is 395 g/mol. The van der Waals surface area contributed by atoms with E-state index in [2.05, 4.69) is 40.3 Å². The van der Waals surface area contributed by atoms with Crippen LogP contribution in [0.15, 0.2) is 48.7 Å². The third kappa shape index (κ3) is 6.86. The smallest absolute Gasteiger partial charge is 0.221 e. The van der Waals surface area contributed by atoms with Crippen molar-refractivity contribution >= 4 is 5.91 Å². The molecule has 0 radical (unpaired) electrons. The van der Waals surface area contributed by atoms with Crippen molar-refractivity contribution in [2.45, 2.75) is 64.6 Å². The second kappa shape index (κ2) is 11.0. The van der Waals surface area contributed by atoms with E-state index in [1.807, 2.05) is 31.2 Å². The first kappa shape index (κ1) is 21.3. The van der Waals surface area contributed by atoms with Gasteiger partial charge in [-0.05, 0) is 38.0 Å². The zero-order valence-corrected chi connectivity index (χ0v) is 17.6. The summed E-state index contributed by atoms with van der Waals surface area (Å²) in [5.41, 5.74) is 2.20. The van der Waals surface area contributed by atoms with E-state index in [1.54, 1.807) is 6.20 Å². The molecule has 0 fully saturated rings. The fraction of sp³-hybridized carbons (Fsp3) is 0.500. The molecule has 1 amide bonds. The minimum atomic E-state index is 0.0721. The molecule has 1 aromatic carbocycles. The summed E-state index contributed by atoms with van der Waals surface area (Å²) >= 11 is 0. The van der Waals surface area contributed by atoms with Crippen molar-refractivity contribution in [3.63, 3.8) is 0 Å². The molecule has 5 heteroatoms. The Morgan fingerprint density at radius 3 is 2.90 bits per heavy atom. The molecule has 5 nitrogen and oxygen atoms in total. The number of rotatable bonds is 9. The molecule has 29 heavy (non-hydrogen) atoms. The Hall–Kier alpha value is -2.40. The molecular formula is C24H33N3O2. The number of carbonyl (C=O) groups excluding carboxylic acids is 1. The summed E-state index contributed by atoms with van der Waals surface area (Å²) in [6.45, 7) is 6.67. The number of aromatic nitrogens is 1. The molecule has 1 aliphatic heterocycles. The van der Waals surface area contributed by atoms with E-state index in [0.717, 1.165) is 56.8 Å². The van der Waals surface area contributed by atoms with E-state index in [9.17, 15) is 4.79 Å². The van der Waals surface area contributed by atoms with Crippen molar-refractivity contribution in [3.05, 3.63) is 59.9 Å². The number of carbonyl (C=O) groups is 1. The average Bonchev–Trinajstić information content (AvgIpc) is 2.90. The van der Waals surface area contributed by atoms with E-state index >= 15 is 0 Å². The van der Waals surface area contributed by atoms with Crippen molar-refractivity contribution in [1.29, 1.82) is 0 Å². The molecule has 1 N–H and O–H groups in total. The molecule has 2 heterocycles. The lowest BCUT2D eigenvalue weighted by Crippen LogP contribution is -2.38. The summed E-state index contributed by atoms with van der Waals surface area (Å²) in [7, 11) is 0. The van der Waals surface area contributed by atoms with Crippen LogP contribution in [0.3, 0.4) is 0 Å². The van der Waals surface area contributed by atoms with Crippen LogP contribution in [0.25, 0.3) is 0 Å². The van der Waals surface area contributed by atoms with Crippen LogP contribution >= 0.6 is 0 Å². The second-order valence-electron chi connectivity index (χ2n) is 7.97. The summed E-state index contributed by atoms with van der Waals surface area (Å²) in [6, 6.07) is 14.2. The first-order valence-corrected chi connectivity index (χ1v) is 10.8. The highest BCUT2D eigenvalue weighted by molar-refractivity contribution is 5.76. The Morgan fingerprint density at radius 1 is 1.28 bits per heavy atom. The Labute approximate surface area is 174 Å². The topological polar surface area (TPSA) is 54.5 Å². The fourth-order valence-corrected chi connectivity index (χ4v) is 3.80. The maximum Gasteiger partial charge on any atom is 0.221 e. The molecule has 0 unspecified atom stereocenters. The first-order chi connectivity index (χ1) is 14.1. The molecule has 0 saturated heterocycles. The number of benzene rings is 1. The van der Waals surface area contributed by atoms with Crippen LogP contribution < -0.4 is 10.1 Å². The zero-order valence-electron chi connectivity index (χ0n) is 17.6. The van der Waals surface area contributed by atoms with E-state index in [1.165, 1.54) is 5.56 Å². The van der Waals surface area contributed by atoms with Crippen LogP contribution in [0.5, 0.6) is 5.75 Å². The second-order valence-corrected chi connectivity index (χ2v) is 7.97. The van der Waals surface area contributed by atoms with Gasteiger partial charge in [-0.25, -0.2) is 0 Å². The first-order valence-electron chi connectivity index (χ1n) is 10.8. The normalized spacial score (nSPS) is 17.7. The van der Waals surface area contributed by atoms with Gasteiger partial charge in [0, 0.05) is 56.0 Å². The van der Waals surface area contributed by atoms with Crippen LogP contribution in [0.1, 0.15) is 50.8 Å². The molecule has 0 aliphatic carbocycles. The van der Waals surface area contributed by atoms with Gasteiger partial charge in [-0.15, -0.1) is 0 Å². The predicted molar refractivity (Wildman–Crippen MR) is 116 cm³/mol. The van der Waals surface area contributed by atoms with Crippen molar-refractivity contribution in [2.24, 2.45) is 0 Å². The van der Waals surface area contributed by atoms with Crippen LogP contribution in [0.4, 0.5) is 0 Å². The molecule has 1 aliphatic rings. The Morgan fingerprint density at radius 2 is 2.10 bits per heavy atom. The summed E-state index contributed by atoms with van der Waals surface area (Å²) in [5.74, 6) is 1.08. The number of nitrogens with zero attached hydrogens (tertiary/aromatic N) is 2. The lowest BCUT2D eigenvalue weighted by atomic mass is 10.1. The molecular weight excluding hydrogens is 362 g/mol. The highest BCUT2D eigenvalue weighted by Gasteiger charge is 2.23. The largest absolute Gasteiger partial charge is 0.489 e. The summed E-state index contributed by atoms with van der Waals surface area (Å²) in [4.78, 5) is 19.2. The minimum Gasteiger partial charge on any atom is -0.489 e. The Balaban J connectivity index is 1.52. The Bertz CT molecular complexity index is 766. The molecule has 0 saturated carbocycles. The maximum absolute atomic E-state index is 12.5. The van der Waals surface area contributed by atoms with Gasteiger partial charge in [0.15, 0.2) is 0 Å². The van der Waals surface area contributed by atoms with Gasteiger partial charge in [-0.2, -0.15) is 0 Å². The lowest BCUT2D eigenvalue weighted by molar-refractivity contribution is -0.122. The lowest BCUT2D eigenvalue weighted by Gasteiger charge is -2.24. The summed E-state index contributed by atoms with van der Waals surface area (Å²) in [5, 5.41) is 3.11. The Kier molecular flexibility index (Phi) is 8.05. The van der Waals surface area contributed by atoms with E-state index in [-0.39, 0.29) is 18.1 Å². The van der Waals surface area contributed by atoms with Gasteiger partial charge < -0.3 is 10.1 Å². The third-order valence-electron chi connectivity index (χ3n) is 5.31.